The van der Waals surface area contributed by atoms with Crippen molar-refractivity contribution in [1.29, 1.82) is 0 Å². The molecule has 0 aliphatic rings. The summed E-state index contributed by atoms with van der Waals surface area (Å²) >= 11 is 1.47. The van der Waals surface area contributed by atoms with E-state index in [0.717, 1.165) is 10.9 Å². The molecule has 0 spiro atoms. The van der Waals surface area contributed by atoms with Gasteiger partial charge in [-0.05, 0) is 18.4 Å². The molecule has 1 aromatic heterocycles. The van der Waals surface area contributed by atoms with E-state index < -0.39 is 0 Å². The molecular weight excluding hydrogens is 416 g/mol. The second-order valence-corrected chi connectivity index (χ2v) is 2.98. The summed E-state index contributed by atoms with van der Waals surface area (Å²) in [6.07, 6.45) is 1.70. The number of fused-ring (bicyclic) bond motifs is 1. The topological polar surface area (TPSA) is 44.1 Å². The summed E-state index contributed by atoms with van der Waals surface area (Å²) in [7, 11) is 4.64. The van der Waals surface area contributed by atoms with Gasteiger partial charge in [0, 0.05) is 6.20 Å². The van der Waals surface area contributed by atoms with Crippen LogP contribution in [0.15, 0.2) is 36.5 Å². The minimum absolute atomic E-state index is 0. The number of benzene rings is 1. The molecule has 1 heterocycles. The number of para-hydroxylation sites is 1. The number of amides is 1. The van der Waals surface area contributed by atoms with Crippen LogP contribution in [0.25, 0.3) is 16.2 Å². The molecule has 0 saturated heterocycles. The van der Waals surface area contributed by atoms with Gasteiger partial charge in [-0.3, -0.25) is 4.98 Å². The summed E-state index contributed by atoms with van der Waals surface area (Å²) < 4.78 is 0. The van der Waals surface area contributed by atoms with Crippen LogP contribution in [0.5, 0.6) is 0 Å². The quantitative estimate of drug-likeness (QED) is 0.647. The summed E-state index contributed by atoms with van der Waals surface area (Å²) in [6.45, 7) is 1.43. The fraction of sp³-hybridized carbons (Fsp3) is 0.0833. The van der Waals surface area contributed by atoms with E-state index >= 15 is 0 Å². The van der Waals surface area contributed by atoms with E-state index in [1.54, 1.807) is 12.3 Å². The zero-order valence-corrected chi connectivity index (χ0v) is 12.6. The Morgan fingerprint density at radius 3 is 2.59 bits per heavy atom. The molecule has 0 bridgehead atoms. The first-order valence-electron chi connectivity index (χ1n) is 4.46. The number of aromatic nitrogens is 1. The molecule has 0 fully saturated rings. The Balaban J connectivity index is 0.000000811. The predicted molar refractivity (Wildman–Crippen MR) is 67.7 cm³/mol. The van der Waals surface area contributed by atoms with Gasteiger partial charge in [0.2, 0.25) is 0 Å². The molecule has 0 radical (unpaired) electrons. The average Bonchev–Trinajstić information content (AvgIpc) is 2.31. The first-order valence-corrected chi connectivity index (χ1v) is 7.43. The van der Waals surface area contributed by atoms with E-state index in [4.69, 9.17) is 0 Å². The molecule has 1 amide bonds. The van der Waals surface area contributed by atoms with E-state index in [-0.39, 0.29) is 13.3 Å². The third-order valence-electron chi connectivity index (χ3n) is 1.89. The summed E-state index contributed by atoms with van der Waals surface area (Å²) in [5.41, 5.74) is 1.40. The van der Waals surface area contributed by atoms with Gasteiger partial charge >= 0.3 is 27.5 Å². The van der Waals surface area contributed by atoms with Gasteiger partial charge in [0.05, 0.1) is 11.4 Å². The van der Waals surface area contributed by atoms with Crippen molar-refractivity contribution in [2.75, 3.05) is 0 Å². The van der Waals surface area contributed by atoms with Gasteiger partial charge in [-0.15, -0.1) is 5.69 Å². The standard InChI is InChI=1S/C11H10N2O.CH3.ClH.Ir/c1-8(14)13-10-6-2-4-9-5-3-7-12-11(9)10;;;/h2-7H,1H3,(H,13,14);1H3;1H;/q;-1;;+3/p-2. The van der Waals surface area contributed by atoms with Crippen LogP contribution >= 0.6 is 9.58 Å². The Labute approximate surface area is 116 Å². The first kappa shape index (κ1) is 16.0. The van der Waals surface area contributed by atoms with Crippen molar-refractivity contribution >= 4 is 32.1 Å². The number of rotatable bonds is 1. The van der Waals surface area contributed by atoms with Crippen LogP contribution in [0.3, 0.4) is 0 Å². The predicted octanol–water partition coefficient (Wildman–Crippen LogP) is 3.92. The Morgan fingerprint density at radius 2 is 1.94 bits per heavy atom. The van der Waals surface area contributed by atoms with Crippen LogP contribution in [-0.2, 0) is 22.7 Å². The number of pyridine rings is 1. The van der Waals surface area contributed by atoms with E-state index in [2.05, 4.69) is 19.9 Å². The molecule has 0 aliphatic heterocycles. The summed E-state index contributed by atoms with van der Waals surface area (Å²) in [5, 5.41) is 4.88. The molecule has 0 unspecified atom stereocenters. The van der Waals surface area contributed by atoms with Crippen molar-refractivity contribution in [1.82, 2.24) is 4.98 Å². The summed E-state index contributed by atoms with van der Waals surface area (Å²) in [6, 6.07) is 9.41. The maximum atomic E-state index is 10.9. The number of hydrogen-bond donors (Lipinski definition) is 0. The van der Waals surface area contributed by atoms with Gasteiger partial charge in [0.1, 0.15) is 0 Å². The van der Waals surface area contributed by atoms with Crippen LogP contribution in [0.2, 0.25) is 0 Å². The second kappa shape index (κ2) is 8.18. The third-order valence-corrected chi connectivity index (χ3v) is 1.89. The van der Waals surface area contributed by atoms with Crippen molar-refractivity contribution in [3.8, 4) is 0 Å². The maximum absolute atomic E-state index is 10.9. The molecule has 0 aliphatic carbocycles. The molecule has 0 atom stereocenters. The van der Waals surface area contributed by atoms with Crippen LogP contribution in [0.1, 0.15) is 6.92 Å². The number of halogens is 1. The van der Waals surface area contributed by atoms with Crippen LogP contribution in [0.4, 0.5) is 5.69 Å². The van der Waals surface area contributed by atoms with Crippen molar-refractivity contribution in [3.05, 3.63) is 49.3 Å². The average molecular weight is 428 g/mol. The number of hydrogen-bond acceptors (Lipinski definition) is 2. The van der Waals surface area contributed by atoms with Gasteiger partial charge in [-0.25, -0.2) is 0 Å². The second-order valence-electron chi connectivity index (χ2n) is 2.98. The Morgan fingerprint density at radius 1 is 1.29 bits per heavy atom. The third kappa shape index (κ3) is 4.42. The normalized spacial score (nSPS) is 8.65. The van der Waals surface area contributed by atoms with Crippen LogP contribution in [0, 0.1) is 7.43 Å². The molecule has 92 valence electrons. The van der Waals surface area contributed by atoms with Gasteiger partial charge < -0.3 is 17.5 Å². The molecule has 2 aromatic rings. The Kier molecular flexibility index (Phi) is 7.72. The minimum atomic E-state index is -0.205. The van der Waals surface area contributed by atoms with Gasteiger partial charge in [-0.2, -0.15) is 0 Å². The molecule has 17 heavy (non-hydrogen) atoms. The monoisotopic (exact) mass is 428 g/mol. The number of carbonyl (C=O) groups is 1. The van der Waals surface area contributed by atoms with E-state index in [0.29, 0.717) is 5.69 Å². The Bertz CT molecular complexity index is 485. The van der Waals surface area contributed by atoms with Crippen LogP contribution < -0.4 is 0 Å². The fourth-order valence-corrected chi connectivity index (χ4v) is 1.35. The number of nitrogens with zero attached hydrogens (tertiary/aromatic N) is 2. The van der Waals surface area contributed by atoms with E-state index in [9.17, 15) is 4.79 Å². The Hall–Kier alpha value is -0.961. The first-order chi connectivity index (χ1) is 7.77. The molecule has 3 nitrogen and oxygen atoms in total. The van der Waals surface area contributed by atoms with Crippen molar-refractivity contribution in [2.45, 2.75) is 6.92 Å². The van der Waals surface area contributed by atoms with E-state index in [1.165, 1.54) is 24.8 Å². The molecular formula is C12H12ClIrN2O. The molecule has 1 aromatic carbocycles. The van der Waals surface area contributed by atoms with Crippen LogP contribution in [-0.4, -0.2) is 10.9 Å². The summed E-state index contributed by atoms with van der Waals surface area (Å²) in [5.74, 6) is -0.205. The molecule has 5 heteroatoms. The zero-order chi connectivity index (χ0) is 12.0. The fourth-order valence-electron chi connectivity index (χ4n) is 1.35. The van der Waals surface area contributed by atoms with Gasteiger partial charge in [0.25, 0.3) is 0 Å². The van der Waals surface area contributed by atoms with Gasteiger partial charge in [0.15, 0.2) is 0 Å². The SMILES string of the molecule is CC(=O)[N-]c1cccc2cccnc12.[CH3-].[Cl][Ir+2]. The van der Waals surface area contributed by atoms with Crippen molar-refractivity contribution in [2.24, 2.45) is 0 Å². The molecule has 0 N–H and O–H groups in total. The number of carbonyl (C=O) groups excluding carboxylic acids is 1. The van der Waals surface area contributed by atoms with Gasteiger partial charge in [-0.1, -0.05) is 24.3 Å². The summed E-state index contributed by atoms with van der Waals surface area (Å²) in [4.78, 5) is 15.1. The van der Waals surface area contributed by atoms with Crippen molar-refractivity contribution < 1.29 is 22.7 Å². The molecule has 0 saturated carbocycles. The van der Waals surface area contributed by atoms with E-state index in [1.807, 2.05) is 24.3 Å². The zero-order valence-electron chi connectivity index (χ0n) is 9.48. The molecule has 2 rings (SSSR count). The van der Waals surface area contributed by atoms with Crippen molar-refractivity contribution in [3.63, 3.8) is 0 Å².